The van der Waals surface area contributed by atoms with Gasteiger partial charge in [0.15, 0.2) is 0 Å². The van der Waals surface area contributed by atoms with E-state index in [1.807, 2.05) is 66.4 Å². The first-order valence-electron chi connectivity index (χ1n) is 10.7. The molecule has 0 bridgehead atoms. The first-order chi connectivity index (χ1) is 15.1. The Bertz CT molecular complexity index is 982. The molecule has 1 aliphatic heterocycles. The van der Waals surface area contributed by atoms with Crippen molar-refractivity contribution < 1.29 is 9.21 Å². The van der Waals surface area contributed by atoms with E-state index in [1.54, 1.807) is 0 Å². The summed E-state index contributed by atoms with van der Waals surface area (Å²) in [4.78, 5) is 15.1. The van der Waals surface area contributed by atoms with Gasteiger partial charge in [0, 0.05) is 36.6 Å². The number of carbonyl (C=O) groups is 1. The molecule has 2 heterocycles. The van der Waals surface area contributed by atoms with Gasteiger partial charge >= 0.3 is 6.01 Å². The Hall–Kier alpha value is -2.80. The Balaban J connectivity index is 1.54. The average molecular weight is 437 g/mol. The number of anilines is 1. The van der Waals surface area contributed by atoms with Crippen LogP contribution in [-0.4, -0.2) is 40.7 Å². The van der Waals surface area contributed by atoms with E-state index in [4.69, 9.17) is 4.42 Å². The SMILES string of the molecule is CC(C)c1ccc(C(=O)N[C@@H](Cc2ccccc2)c2nnc(N3CCSCC3)o2)cc1. The maximum Gasteiger partial charge on any atom is 0.318 e. The summed E-state index contributed by atoms with van der Waals surface area (Å²) in [5.74, 6) is 2.81. The normalized spacial score (nSPS) is 15.1. The molecule has 162 valence electrons. The van der Waals surface area contributed by atoms with Crippen molar-refractivity contribution in [2.75, 3.05) is 29.5 Å². The van der Waals surface area contributed by atoms with Crippen LogP contribution in [0.15, 0.2) is 59.0 Å². The Morgan fingerprint density at radius 2 is 1.77 bits per heavy atom. The molecule has 4 rings (SSSR count). The predicted molar refractivity (Wildman–Crippen MR) is 125 cm³/mol. The monoisotopic (exact) mass is 436 g/mol. The van der Waals surface area contributed by atoms with Crippen LogP contribution in [0, 0.1) is 0 Å². The fourth-order valence-corrected chi connectivity index (χ4v) is 4.46. The van der Waals surface area contributed by atoms with E-state index >= 15 is 0 Å². The number of carbonyl (C=O) groups excluding carboxylic acids is 1. The van der Waals surface area contributed by atoms with Gasteiger partial charge in [-0.25, -0.2) is 0 Å². The fraction of sp³-hybridized carbons (Fsp3) is 0.375. The number of hydrogen-bond acceptors (Lipinski definition) is 6. The largest absolute Gasteiger partial charge is 0.406 e. The molecule has 0 unspecified atom stereocenters. The molecule has 1 fully saturated rings. The predicted octanol–water partition coefficient (Wildman–Crippen LogP) is 4.46. The highest BCUT2D eigenvalue weighted by molar-refractivity contribution is 7.99. The molecule has 0 aliphatic carbocycles. The second-order valence-electron chi connectivity index (χ2n) is 8.01. The third kappa shape index (κ3) is 5.47. The van der Waals surface area contributed by atoms with E-state index < -0.39 is 6.04 Å². The standard InChI is InChI=1S/C24H28N4O2S/c1-17(2)19-8-10-20(11-9-19)22(29)25-21(16-18-6-4-3-5-7-18)23-26-27-24(30-23)28-12-14-31-15-13-28/h3-11,17,21H,12-16H2,1-2H3,(H,25,29)/t21-/m0/s1. The third-order valence-electron chi connectivity index (χ3n) is 5.44. The van der Waals surface area contributed by atoms with Gasteiger partial charge in [0.1, 0.15) is 6.04 Å². The zero-order valence-corrected chi connectivity index (χ0v) is 18.8. The lowest BCUT2D eigenvalue weighted by atomic mass is 10.0. The zero-order valence-electron chi connectivity index (χ0n) is 18.0. The van der Waals surface area contributed by atoms with Crippen LogP contribution in [0.2, 0.25) is 0 Å². The number of benzene rings is 2. The molecule has 1 atom stereocenters. The number of nitrogens with one attached hydrogen (secondary N) is 1. The molecule has 6 nitrogen and oxygen atoms in total. The third-order valence-corrected chi connectivity index (χ3v) is 6.38. The van der Waals surface area contributed by atoms with Crippen molar-refractivity contribution in [2.45, 2.75) is 32.2 Å². The Morgan fingerprint density at radius 1 is 1.06 bits per heavy atom. The summed E-state index contributed by atoms with van der Waals surface area (Å²) in [7, 11) is 0. The van der Waals surface area contributed by atoms with Crippen LogP contribution < -0.4 is 10.2 Å². The van der Waals surface area contributed by atoms with E-state index in [0.717, 1.165) is 30.2 Å². The molecular formula is C24H28N4O2S. The lowest BCUT2D eigenvalue weighted by molar-refractivity contribution is 0.0930. The average Bonchev–Trinajstić information content (AvgIpc) is 3.30. The molecule has 31 heavy (non-hydrogen) atoms. The van der Waals surface area contributed by atoms with Crippen LogP contribution in [0.1, 0.15) is 53.2 Å². The Kier molecular flexibility index (Phi) is 6.92. The zero-order chi connectivity index (χ0) is 21.6. The summed E-state index contributed by atoms with van der Waals surface area (Å²) < 4.78 is 6.02. The maximum absolute atomic E-state index is 13.0. The highest BCUT2D eigenvalue weighted by Gasteiger charge is 2.24. The van der Waals surface area contributed by atoms with Crippen molar-refractivity contribution in [3.05, 3.63) is 77.2 Å². The Labute approximate surface area is 187 Å². The van der Waals surface area contributed by atoms with E-state index in [1.165, 1.54) is 5.56 Å². The smallest absolute Gasteiger partial charge is 0.318 e. The number of rotatable bonds is 7. The minimum atomic E-state index is -0.403. The van der Waals surface area contributed by atoms with Gasteiger partial charge in [0.2, 0.25) is 5.89 Å². The van der Waals surface area contributed by atoms with Crippen LogP contribution in [0.3, 0.4) is 0 Å². The second-order valence-corrected chi connectivity index (χ2v) is 9.24. The van der Waals surface area contributed by atoms with E-state index in [9.17, 15) is 4.79 Å². The summed E-state index contributed by atoms with van der Waals surface area (Å²) in [5.41, 5.74) is 2.92. The van der Waals surface area contributed by atoms with Crippen molar-refractivity contribution in [1.29, 1.82) is 0 Å². The molecule has 0 spiro atoms. The molecule has 7 heteroatoms. The van der Waals surface area contributed by atoms with Gasteiger partial charge in [0.25, 0.3) is 5.91 Å². The molecule has 1 aromatic heterocycles. The number of amides is 1. The summed E-state index contributed by atoms with van der Waals surface area (Å²) in [6.07, 6.45) is 0.578. The van der Waals surface area contributed by atoms with Gasteiger partial charge in [-0.1, -0.05) is 61.4 Å². The van der Waals surface area contributed by atoms with Crippen LogP contribution in [-0.2, 0) is 6.42 Å². The van der Waals surface area contributed by atoms with Gasteiger partial charge in [-0.2, -0.15) is 11.8 Å². The molecule has 1 saturated heterocycles. The lowest BCUT2D eigenvalue weighted by Crippen LogP contribution is -2.32. The minimum absolute atomic E-state index is 0.148. The van der Waals surface area contributed by atoms with E-state index in [2.05, 4.69) is 34.3 Å². The first kappa shape index (κ1) is 21.4. The minimum Gasteiger partial charge on any atom is -0.406 e. The number of nitrogens with zero attached hydrogens (tertiary/aromatic N) is 3. The summed E-state index contributed by atoms with van der Waals surface area (Å²) >= 11 is 1.93. The van der Waals surface area contributed by atoms with Crippen LogP contribution in [0.4, 0.5) is 6.01 Å². The molecule has 2 aromatic carbocycles. The molecule has 3 aromatic rings. The quantitative estimate of drug-likeness (QED) is 0.590. The molecule has 1 aliphatic rings. The summed E-state index contributed by atoms with van der Waals surface area (Å²) in [6.45, 7) is 6.06. The van der Waals surface area contributed by atoms with Gasteiger partial charge in [-0.05, 0) is 29.2 Å². The molecule has 0 saturated carbocycles. The van der Waals surface area contributed by atoms with Crippen molar-refractivity contribution in [3.8, 4) is 0 Å². The summed E-state index contributed by atoms with van der Waals surface area (Å²) in [5, 5.41) is 11.7. The van der Waals surface area contributed by atoms with Gasteiger partial charge in [0.05, 0.1) is 0 Å². The highest BCUT2D eigenvalue weighted by Crippen LogP contribution is 2.24. The van der Waals surface area contributed by atoms with Gasteiger partial charge < -0.3 is 14.6 Å². The van der Waals surface area contributed by atoms with Gasteiger partial charge in [-0.15, -0.1) is 5.10 Å². The molecular weight excluding hydrogens is 408 g/mol. The number of thioether (sulfide) groups is 1. The number of hydrogen-bond donors (Lipinski definition) is 1. The van der Waals surface area contributed by atoms with Crippen molar-refractivity contribution in [3.63, 3.8) is 0 Å². The lowest BCUT2D eigenvalue weighted by Gasteiger charge is -2.24. The topological polar surface area (TPSA) is 71.3 Å². The van der Waals surface area contributed by atoms with E-state index in [-0.39, 0.29) is 5.91 Å². The summed E-state index contributed by atoms with van der Waals surface area (Å²) in [6, 6.07) is 17.9. The first-order valence-corrected chi connectivity index (χ1v) is 11.9. The van der Waals surface area contributed by atoms with Crippen LogP contribution in [0.25, 0.3) is 0 Å². The van der Waals surface area contributed by atoms with Crippen LogP contribution >= 0.6 is 11.8 Å². The number of aromatic nitrogens is 2. The second kappa shape index (κ2) is 10.0. The Morgan fingerprint density at radius 3 is 2.45 bits per heavy atom. The van der Waals surface area contributed by atoms with Gasteiger partial charge in [-0.3, -0.25) is 4.79 Å². The molecule has 1 amide bonds. The van der Waals surface area contributed by atoms with Crippen molar-refractivity contribution in [1.82, 2.24) is 15.5 Å². The molecule has 1 N–H and O–H groups in total. The van der Waals surface area contributed by atoms with Crippen molar-refractivity contribution >= 4 is 23.7 Å². The fourth-order valence-electron chi connectivity index (χ4n) is 3.56. The molecule has 0 radical (unpaired) electrons. The van der Waals surface area contributed by atoms with E-state index in [0.29, 0.717) is 29.8 Å². The van der Waals surface area contributed by atoms with Crippen molar-refractivity contribution in [2.24, 2.45) is 0 Å². The maximum atomic E-state index is 13.0. The highest BCUT2D eigenvalue weighted by atomic mass is 32.2. The van der Waals surface area contributed by atoms with Crippen LogP contribution in [0.5, 0.6) is 0 Å².